The van der Waals surface area contributed by atoms with Gasteiger partial charge < -0.3 is 10.5 Å². The molecule has 0 bridgehead atoms. The van der Waals surface area contributed by atoms with Crippen LogP contribution in [0.4, 0.5) is 5.69 Å². The number of aryl methyl sites for hydroxylation is 1. The molecular formula is C15H15N3O2S. The summed E-state index contributed by atoms with van der Waals surface area (Å²) in [6, 6.07) is 9.08. The van der Waals surface area contributed by atoms with Crippen molar-refractivity contribution >= 4 is 27.2 Å². The standard InChI is InChI=1S/C15H15N3O2S/c16-11-2-4-12(5-3-11)20-8-1-7-18-10-17-14-13(15(18)19)6-9-21-14/h2-6,9-10H,1,7-8,16H2. The average molecular weight is 301 g/mol. The van der Waals surface area contributed by atoms with Crippen molar-refractivity contribution in [1.82, 2.24) is 9.55 Å². The van der Waals surface area contributed by atoms with E-state index in [9.17, 15) is 4.79 Å². The van der Waals surface area contributed by atoms with Gasteiger partial charge in [0.15, 0.2) is 0 Å². The summed E-state index contributed by atoms with van der Waals surface area (Å²) in [6.07, 6.45) is 2.34. The first-order chi connectivity index (χ1) is 10.2. The number of hydrogen-bond acceptors (Lipinski definition) is 5. The van der Waals surface area contributed by atoms with E-state index in [1.54, 1.807) is 23.0 Å². The van der Waals surface area contributed by atoms with Gasteiger partial charge in [-0.2, -0.15) is 0 Å². The summed E-state index contributed by atoms with van der Waals surface area (Å²) in [5, 5.41) is 2.56. The van der Waals surface area contributed by atoms with Gasteiger partial charge >= 0.3 is 0 Å². The van der Waals surface area contributed by atoms with Gasteiger partial charge in [0, 0.05) is 12.2 Å². The van der Waals surface area contributed by atoms with Crippen LogP contribution in [0.5, 0.6) is 5.75 Å². The summed E-state index contributed by atoms with van der Waals surface area (Å²) >= 11 is 1.48. The van der Waals surface area contributed by atoms with E-state index in [4.69, 9.17) is 10.5 Å². The van der Waals surface area contributed by atoms with Crippen molar-refractivity contribution in [2.24, 2.45) is 0 Å². The second kappa shape index (κ2) is 5.97. The van der Waals surface area contributed by atoms with E-state index in [1.807, 2.05) is 23.6 Å². The minimum absolute atomic E-state index is 0.00809. The Bertz CT molecular complexity index is 793. The molecule has 0 spiro atoms. The quantitative estimate of drug-likeness (QED) is 0.580. The zero-order valence-electron chi connectivity index (χ0n) is 11.4. The van der Waals surface area contributed by atoms with Crippen molar-refractivity contribution in [3.8, 4) is 5.75 Å². The molecule has 0 saturated heterocycles. The van der Waals surface area contributed by atoms with Gasteiger partial charge in [0.2, 0.25) is 0 Å². The van der Waals surface area contributed by atoms with Crippen molar-refractivity contribution in [2.45, 2.75) is 13.0 Å². The summed E-state index contributed by atoms with van der Waals surface area (Å²) in [5.74, 6) is 0.781. The number of ether oxygens (including phenoxy) is 1. The highest BCUT2D eigenvalue weighted by atomic mass is 32.1. The van der Waals surface area contributed by atoms with E-state index < -0.39 is 0 Å². The van der Waals surface area contributed by atoms with Crippen LogP contribution in [0.2, 0.25) is 0 Å². The lowest BCUT2D eigenvalue weighted by atomic mass is 10.3. The summed E-state index contributed by atoms with van der Waals surface area (Å²) in [4.78, 5) is 17.2. The molecule has 6 heteroatoms. The summed E-state index contributed by atoms with van der Waals surface area (Å²) in [7, 11) is 0. The second-order valence-electron chi connectivity index (χ2n) is 4.65. The SMILES string of the molecule is Nc1ccc(OCCCn2cnc3sccc3c2=O)cc1. The van der Waals surface area contributed by atoms with E-state index in [0.29, 0.717) is 24.2 Å². The smallest absolute Gasteiger partial charge is 0.262 e. The van der Waals surface area contributed by atoms with Crippen molar-refractivity contribution in [3.05, 3.63) is 52.4 Å². The third-order valence-electron chi connectivity index (χ3n) is 3.14. The molecule has 0 unspecified atom stereocenters. The van der Waals surface area contributed by atoms with Crippen molar-refractivity contribution in [1.29, 1.82) is 0 Å². The van der Waals surface area contributed by atoms with Gasteiger partial charge in [0.05, 0.1) is 18.3 Å². The molecule has 0 aliphatic rings. The minimum Gasteiger partial charge on any atom is -0.494 e. The number of rotatable bonds is 5. The fourth-order valence-electron chi connectivity index (χ4n) is 2.04. The molecule has 0 atom stereocenters. The maximum atomic E-state index is 12.2. The van der Waals surface area contributed by atoms with E-state index in [0.717, 1.165) is 17.0 Å². The summed E-state index contributed by atoms with van der Waals surface area (Å²) in [5.41, 5.74) is 6.33. The number of nitrogens with zero attached hydrogens (tertiary/aromatic N) is 2. The number of hydrogen-bond donors (Lipinski definition) is 1. The molecule has 3 aromatic rings. The molecule has 0 fully saturated rings. The number of nitrogen functional groups attached to an aromatic ring is 1. The van der Waals surface area contributed by atoms with Crippen molar-refractivity contribution in [2.75, 3.05) is 12.3 Å². The van der Waals surface area contributed by atoms with Crippen molar-refractivity contribution < 1.29 is 4.74 Å². The highest BCUT2D eigenvalue weighted by Gasteiger charge is 2.04. The first-order valence-corrected chi connectivity index (χ1v) is 7.53. The molecule has 0 amide bonds. The Morgan fingerprint density at radius 2 is 2.05 bits per heavy atom. The molecule has 0 aliphatic carbocycles. The van der Waals surface area contributed by atoms with Crippen LogP contribution < -0.4 is 16.0 Å². The monoisotopic (exact) mass is 301 g/mol. The Hall–Kier alpha value is -2.34. The van der Waals surface area contributed by atoms with E-state index in [-0.39, 0.29) is 5.56 Å². The van der Waals surface area contributed by atoms with Gasteiger partial charge in [0.1, 0.15) is 10.6 Å². The fraction of sp³-hybridized carbons (Fsp3) is 0.200. The Morgan fingerprint density at radius 1 is 1.24 bits per heavy atom. The molecule has 2 N–H and O–H groups in total. The Kier molecular flexibility index (Phi) is 3.87. The van der Waals surface area contributed by atoms with Crippen LogP contribution in [-0.2, 0) is 6.54 Å². The predicted molar refractivity (Wildman–Crippen MR) is 84.8 cm³/mol. The third kappa shape index (κ3) is 3.05. The molecule has 0 aliphatic heterocycles. The number of anilines is 1. The Labute approximate surface area is 125 Å². The molecule has 21 heavy (non-hydrogen) atoms. The maximum absolute atomic E-state index is 12.2. The van der Waals surface area contributed by atoms with E-state index >= 15 is 0 Å². The summed E-state index contributed by atoms with van der Waals surface area (Å²) in [6.45, 7) is 1.13. The van der Waals surface area contributed by atoms with Crippen LogP contribution in [0.3, 0.4) is 0 Å². The molecule has 1 aromatic carbocycles. The number of benzene rings is 1. The lowest BCUT2D eigenvalue weighted by molar-refractivity contribution is 0.301. The normalized spacial score (nSPS) is 10.9. The summed E-state index contributed by atoms with van der Waals surface area (Å²) < 4.78 is 7.23. The zero-order valence-corrected chi connectivity index (χ0v) is 12.2. The molecule has 108 valence electrons. The fourth-order valence-corrected chi connectivity index (χ4v) is 2.76. The van der Waals surface area contributed by atoms with Crippen LogP contribution in [0.15, 0.2) is 46.8 Å². The number of nitrogens with two attached hydrogens (primary N) is 1. The van der Waals surface area contributed by atoms with Gasteiger partial charge in [-0.3, -0.25) is 9.36 Å². The average Bonchev–Trinajstić information content (AvgIpc) is 2.97. The maximum Gasteiger partial charge on any atom is 0.262 e. The lowest BCUT2D eigenvalue weighted by Gasteiger charge is -2.07. The van der Waals surface area contributed by atoms with Crippen LogP contribution in [0.25, 0.3) is 10.2 Å². The Balaban J connectivity index is 1.58. The molecular weight excluding hydrogens is 286 g/mol. The van der Waals surface area contributed by atoms with Gasteiger partial charge in [-0.1, -0.05) is 0 Å². The van der Waals surface area contributed by atoms with Crippen molar-refractivity contribution in [3.63, 3.8) is 0 Å². The first kappa shape index (κ1) is 13.6. The number of fused-ring (bicyclic) bond motifs is 1. The predicted octanol–water partition coefficient (Wildman–Crippen LogP) is 2.51. The molecule has 2 heterocycles. The third-order valence-corrected chi connectivity index (χ3v) is 3.96. The highest BCUT2D eigenvalue weighted by Crippen LogP contribution is 2.14. The van der Waals surface area contributed by atoms with E-state index in [2.05, 4.69) is 4.98 Å². The van der Waals surface area contributed by atoms with Gasteiger partial charge in [0.25, 0.3) is 5.56 Å². The second-order valence-corrected chi connectivity index (χ2v) is 5.55. The molecule has 5 nitrogen and oxygen atoms in total. The van der Waals surface area contributed by atoms with E-state index in [1.165, 1.54) is 11.3 Å². The molecule has 0 saturated carbocycles. The van der Waals surface area contributed by atoms with Gasteiger partial charge in [-0.05, 0) is 42.1 Å². The van der Waals surface area contributed by atoms with Gasteiger partial charge in [-0.25, -0.2) is 4.98 Å². The van der Waals surface area contributed by atoms with Gasteiger partial charge in [-0.15, -0.1) is 11.3 Å². The highest BCUT2D eigenvalue weighted by molar-refractivity contribution is 7.16. The zero-order chi connectivity index (χ0) is 14.7. The topological polar surface area (TPSA) is 70.1 Å². The van der Waals surface area contributed by atoms with Crippen LogP contribution >= 0.6 is 11.3 Å². The number of aromatic nitrogens is 2. The van der Waals surface area contributed by atoms with Crippen LogP contribution in [0, 0.1) is 0 Å². The van der Waals surface area contributed by atoms with Crippen LogP contribution in [0.1, 0.15) is 6.42 Å². The molecule has 2 aromatic heterocycles. The lowest BCUT2D eigenvalue weighted by Crippen LogP contribution is -2.20. The molecule has 0 radical (unpaired) electrons. The first-order valence-electron chi connectivity index (χ1n) is 6.65. The number of thiophene rings is 1. The molecule has 3 rings (SSSR count). The Morgan fingerprint density at radius 3 is 2.86 bits per heavy atom. The minimum atomic E-state index is 0.00809. The largest absolute Gasteiger partial charge is 0.494 e. The van der Waals surface area contributed by atoms with Crippen LogP contribution in [-0.4, -0.2) is 16.2 Å².